The molecule has 0 atom stereocenters. The van der Waals surface area contributed by atoms with Crippen molar-refractivity contribution in [1.29, 1.82) is 0 Å². The Labute approximate surface area is 122 Å². The molecule has 0 amide bonds. The van der Waals surface area contributed by atoms with Crippen molar-refractivity contribution in [2.24, 2.45) is 0 Å². The highest BCUT2D eigenvalue weighted by molar-refractivity contribution is 5.53. The monoisotopic (exact) mass is 287 g/mol. The van der Waals surface area contributed by atoms with E-state index in [2.05, 4.69) is 47.3 Å². The Morgan fingerprint density at radius 3 is 2.52 bits per heavy atom. The van der Waals surface area contributed by atoms with Gasteiger partial charge in [0.2, 0.25) is 11.8 Å². The van der Waals surface area contributed by atoms with Crippen LogP contribution in [0.1, 0.15) is 16.7 Å². The number of rotatable bonds is 5. The molecule has 2 aromatic rings. The molecule has 0 saturated heterocycles. The van der Waals surface area contributed by atoms with Gasteiger partial charge >= 0.3 is 5.69 Å². The topological polar surface area (TPSA) is 107 Å². The van der Waals surface area contributed by atoms with Gasteiger partial charge in [-0.3, -0.25) is 10.1 Å². The van der Waals surface area contributed by atoms with Crippen molar-refractivity contribution in [3.63, 3.8) is 0 Å². The van der Waals surface area contributed by atoms with Crippen molar-refractivity contribution < 1.29 is 4.92 Å². The number of benzene rings is 1. The van der Waals surface area contributed by atoms with Crippen molar-refractivity contribution in [3.05, 3.63) is 51.2 Å². The molecule has 0 saturated carbocycles. The first kappa shape index (κ1) is 14.7. The average molecular weight is 287 g/mol. The summed E-state index contributed by atoms with van der Waals surface area (Å²) in [5, 5.41) is 13.6. The Balaban J connectivity index is 1.97. The number of anilines is 2. The Kier molecular flexibility index (Phi) is 4.32. The molecule has 0 bridgehead atoms. The first-order valence-electron chi connectivity index (χ1n) is 6.53. The fourth-order valence-corrected chi connectivity index (χ4v) is 2.15. The summed E-state index contributed by atoms with van der Waals surface area (Å²) < 4.78 is 0. The van der Waals surface area contributed by atoms with Crippen LogP contribution in [0.25, 0.3) is 0 Å². The van der Waals surface area contributed by atoms with Gasteiger partial charge in [-0.05, 0) is 25.8 Å². The smallest absolute Gasteiger partial charge is 0.329 e. The number of hydrogen-bond donors (Lipinski definition) is 2. The molecule has 21 heavy (non-hydrogen) atoms. The van der Waals surface area contributed by atoms with Crippen LogP contribution >= 0.6 is 0 Å². The maximum Gasteiger partial charge on any atom is 0.329 e. The highest BCUT2D eigenvalue weighted by Gasteiger charge is 2.13. The second kappa shape index (κ2) is 6.17. The Morgan fingerprint density at radius 2 is 1.95 bits per heavy atom. The number of nitrogens with zero attached hydrogens (tertiary/aromatic N) is 3. The van der Waals surface area contributed by atoms with Gasteiger partial charge in [0.05, 0.1) is 4.92 Å². The summed E-state index contributed by atoms with van der Waals surface area (Å²) in [6.45, 7) is 4.74. The van der Waals surface area contributed by atoms with Crippen molar-refractivity contribution in [3.8, 4) is 0 Å². The zero-order chi connectivity index (χ0) is 15.4. The first-order chi connectivity index (χ1) is 9.95. The van der Waals surface area contributed by atoms with E-state index in [4.69, 9.17) is 5.73 Å². The Morgan fingerprint density at radius 1 is 1.29 bits per heavy atom. The van der Waals surface area contributed by atoms with E-state index in [1.54, 1.807) is 0 Å². The summed E-state index contributed by atoms with van der Waals surface area (Å²) in [7, 11) is 0. The van der Waals surface area contributed by atoms with Gasteiger partial charge in [0.15, 0.2) is 0 Å². The van der Waals surface area contributed by atoms with E-state index in [-0.39, 0.29) is 11.5 Å². The summed E-state index contributed by atoms with van der Waals surface area (Å²) in [5.74, 6) is 0.159. The normalized spacial score (nSPS) is 10.4. The van der Waals surface area contributed by atoms with Crippen molar-refractivity contribution in [1.82, 2.24) is 9.97 Å². The molecule has 0 aliphatic carbocycles. The zero-order valence-corrected chi connectivity index (χ0v) is 12.0. The predicted octanol–water partition coefficient (Wildman–Crippen LogP) is 2.24. The molecule has 0 fully saturated rings. The molecule has 3 N–H and O–H groups in total. The molecule has 7 nitrogen and oxygen atoms in total. The average Bonchev–Trinajstić information content (AvgIpc) is 2.37. The van der Waals surface area contributed by atoms with E-state index >= 15 is 0 Å². The number of aryl methyl sites for hydroxylation is 2. The highest BCUT2D eigenvalue weighted by Crippen LogP contribution is 2.18. The van der Waals surface area contributed by atoms with Gasteiger partial charge in [0.1, 0.15) is 6.20 Å². The van der Waals surface area contributed by atoms with Crippen LogP contribution in [0.15, 0.2) is 24.4 Å². The maximum absolute atomic E-state index is 10.6. The van der Waals surface area contributed by atoms with Gasteiger partial charge in [0.25, 0.3) is 0 Å². The van der Waals surface area contributed by atoms with E-state index in [1.165, 1.54) is 16.7 Å². The molecule has 1 aromatic carbocycles. The molecule has 2 rings (SSSR count). The van der Waals surface area contributed by atoms with Crippen LogP contribution in [-0.4, -0.2) is 21.4 Å². The number of nitrogens with two attached hydrogens (primary N) is 1. The summed E-state index contributed by atoms with van der Waals surface area (Å²) in [5.41, 5.74) is 8.89. The standard InChI is InChI=1S/C14H17N5O2/c1-9-5-10(2)7-11(6-9)3-4-16-14-17-8-12(19(20)21)13(15)18-14/h5-8H,3-4H2,1-2H3,(H3,15,16,17,18). The van der Waals surface area contributed by atoms with Gasteiger partial charge < -0.3 is 11.1 Å². The van der Waals surface area contributed by atoms with E-state index in [9.17, 15) is 10.1 Å². The zero-order valence-electron chi connectivity index (χ0n) is 12.0. The lowest BCUT2D eigenvalue weighted by Gasteiger charge is -2.07. The number of nitrogen functional groups attached to an aromatic ring is 1. The van der Waals surface area contributed by atoms with E-state index in [1.807, 2.05) is 0 Å². The second-order valence-corrected chi connectivity index (χ2v) is 4.89. The lowest BCUT2D eigenvalue weighted by Crippen LogP contribution is -2.10. The first-order valence-corrected chi connectivity index (χ1v) is 6.53. The van der Waals surface area contributed by atoms with Crippen LogP contribution in [0.2, 0.25) is 0 Å². The van der Waals surface area contributed by atoms with Crippen LogP contribution in [0.3, 0.4) is 0 Å². The van der Waals surface area contributed by atoms with Crippen molar-refractivity contribution >= 4 is 17.5 Å². The highest BCUT2D eigenvalue weighted by atomic mass is 16.6. The molecule has 0 aliphatic rings. The van der Waals surface area contributed by atoms with E-state index in [0.29, 0.717) is 12.5 Å². The fraction of sp³-hybridized carbons (Fsp3) is 0.286. The van der Waals surface area contributed by atoms with Crippen molar-refractivity contribution in [2.45, 2.75) is 20.3 Å². The van der Waals surface area contributed by atoms with Gasteiger partial charge in [-0.1, -0.05) is 29.3 Å². The minimum Gasteiger partial charge on any atom is -0.378 e. The van der Waals surface area contributed by atoms with Crippen molar-refractivity contribution in [2.75, 3.05) is 17.6 Å². The summed E-state index contributed by atoms with van der Waals surface area (Å²) in [6.07, 6.45) is 1.92. The quantitative estimate of drug-likeness (QED) is 0.645. The molecule has 7 heteroatoms. The number of nitrogens with one attached hydrogen (secondary N) is 1. The summed E-state index contributed by atoms with van der Waals surface area (Å²) in [4.78, 5) is 17.8. The van der Waals surface area contributed by atoms with Crippen LogP contribution in [-0.2, 0) is 6.42 Å². The molecule has 0 spiro atoms. The van der Waals surface area contributed by atoms with Crippen LogP contribution in [0, 0.1) is 24.0 Å². The third kappa shape index (κ3) is 3.88. The molecular formula is C14H17N5O2. The van der Waals surface area contributed by atoms with Gasteiger partial charge in [0, 0.05) is 6.54 Å². The largest absolute Gasteiger partial charge is 0.378 e. The van der Waals surface area contributed by atoms with E-state index in [0.717, 1.165) is 12.6 Å². The SMILES string of the molecule is Cc1cc(C)cc(CCNc2ncc([N+](=O)[O-])c(N)n2)c1. The number of aromatic nitrogens is 2. The van der Waals surface area contributed by atoms with E-state index < -0.39 is 4.92 Å². The molecule has 1 heterocycles. The molecule has 0 aliphatic heterocycles. The molecule has 1 aromatic heterocycles. The minimum atomic E-state index is -0.603. The Bertz CT molecular complexity index is 652. The molecule has 0 radical (unpaired) electrons. The summed E-state index contributed by atoms with van der Waals surface area (Å²) >= 11 is 0. The van der Waals surface area contributed by atoms with Gasteiger partial charge in [-0.25, -0.2) is 4.98 Å². The number of nitro groups is 1. The predicted molar refractivity (Wildman–Crippen MR) is 81.2 cm³/mol. The minimum absolute atomic E-state index is 0.135. The van der Waals surface area contributed by atoms with Gasteiger partial charge in [-0.15, -0.1) is 0 Å². The number of hydrogen-bond acceptors (Lipinski definition) is 6. The fourth-order valence-electron chi connectivity index (χ4n) is 2.15. The van der Waals surface area contributed by atoms with Gasteiger partial charge in [-0.2, -0.15) is 4.98 Å². The molecule has 110 valence electrons. The van der Waals surface area contributed by atoms with Crippen LogP contribution < -0.4 is 11.1 Å². The molecular weight excluding hydrogens is 270 g/mol. The molecule has 0 unspecified atom stereocenters. The lowest BCUT2D eigenvalue weighted by atomic mass is 10.1. The summed E-state index contributed by atoms with van der Waals surface area (Å²) in [6, 6.07) is 6.37. The maximum atomic E-state index is 10.6. The lowest BCUT2D eigenvalue weighted by molar-refractivity contribution is -0.384. The Hall–Kier alpha value is -2.70. The third-order valence-electron chi connectivity index (χ3n) is 2.97. The third-order valence-corrected chi connectivity index (χ3v) is 2.97. The second-order valence-electron chi connectivity index (χ2n) is 4.89. The van der Waals surface area contributed by atoms with Crippen LogP contribution in [0.4, 0.5) is 17.5 Å². The van der Waals surface area contributed by atoms with Crippen LogP contribution in [0.5, 0.6) is 0 Å².